The van der Waals surface area contributed by atoms with E-state index in [0.717, 1.165) is 12.0 Å². The number of likely N-dealkylation sites (N-methyl/N-ethyl adjacent to an activating group) is 1. The minimum Gasteiger partial charge on any atom is -0.338 e. The first-order valence-electron chi connectivity index (χ1n) is 8.69. The standard InChI is InChI=1S/C19H29N5O/c1-15(16-8-6-5-7-9-16)10-11-20-19(25)21-13-18(23(2)3)17-12-22-24(4)14-17/h5-9,12,14-15,18H,10-11,13H2,1-4H3,(H2,20,21,25)/t15-,18-/m1/s1. The molecule has 2 amide bonds. The number of rotatable bonds is 8. The summed E-state index contributed by atoms with van der Waals surface area (Å²) in [7, 11) is 5.89. The van der Waals surface area contributed by atoms with Crippen LogP contribution >= 0.6 is 0 Å². The van der Waals surface area contributed by atoms with Crippen molar-refractivity contribution in [1.82, 2.24) is 25.3 Å². The van der Waals surface area contributed by atoms with E-state index in [-0.39, 0.29) is 12.1 Å². The summed E-state index contributed by atoms with van der Waals surface area (Å²) in [6.07, 6.45) is 4.73. The summed E-state index contributed by atoms with van der Waals surface area (Å²) in [4.78, 5) is 14.1. The molecule has 1 aromatic carbocycles. The summed E-state index contributed by atoms with van der Waals surface area (Å²) >= 11 is 0. The van der Waals surface area contributed by atoms with Crippen LogP contribution in [0.15, 0.2) is 42.7 Å². The Morgan fingerprint density at radius 2 is 1.92 bits per heavy atom. The molecule has 0 aliphatic rings. The largest absolute Gasteiger partial charge is 0.338 e. The molecule has 2 atom stereocenters. The van der Waals surface area contributed by atoms with Gasteiger partial charge in [0.05, 0.1) is 12.2 Å². The first-order valence-corrected chi connectivity index (χ1v) is 8.69. The van der Waals surface area contributed by atoms with Crippen molar-refractivity contribution >= 4 is 6.03 Å². The summed E-state index contributed by atoms with van der Waals surface area (Å²) in [5, 5.41) is 10.1. The van der Waals surface area contributed by atoms with Crippen molar-refractivity contribution in [1.29, 1.82) is 0 Å². The zero-order chi connectivity index (χ0) is 18.2. The summed E-state index contributed by atoms with van der Waals surface area (Å²) in [5.74, 6) is 0.423. The van der Waals surface area contributed by atoms with E-state index in [1.807, 2.05) is 51.7 Å². The molecule has 2 aromatic rings. The van der Waals surface area contributed by atoms with Gasteiger partial charge in [0.2, 0.25) is 0 Å². The third-order valence-electron chi connectivity index (χ3n) is 4.42. The van der Waals surface area contributed by atoms with Crippen molar-refractivity contribution in [3.63, 3.8) is 0 Å². The summed E-state index contributed by atoms with van der Waals surface area (Å²) in [5.41, 5.74) is 2.39. The number of hydrogen-bond acceptors (Lipinski definition) is 3. The van der Waals surface area contributed by atoms with Crippen LogP contribution in [-0.2, 0) is 7.05 Å². The van der Waals surface area contributed by atoms with E-state index < -0.39 is 0 Å². The number of hydrogen-bond donors (Lipinski definition) is 2. The topological polar surface area (TPSA) is 62.2 Å². The van der Waals surface area contributed by atoms with Crippen LogP contribution in [0.25, 0.3) is 0 Å². The number of aromatic nitrogens is 2. The highest BCUT2D eigenvalue weighted by molar-refractivity contribution is 5.73. The Morgan fingerprint density at radius 3 is 2.52 bits per heavy atom. The van der Waals surface area contributed by atoms with Crippen molar-refractivity contribution in [3.05, 3.63) is 53.9 Å². The average molecular weight is 343 g/mol. The van der Waals surface area contributed by atoms with Gasteiger partial charge in [-0.15, -0.1) is 0 Å². The van der Waals surface area contributed by atoms with Gasteiger partial charge in [-0.1, -0.05) is 37.3 Å². The molecule has 0 saturated heterocycles. The maximum Gasteiger partial charge on any atom is 0.314 e. The predicted molar refractivity (Wildman–Crippen MR) is 101 cm³/mol. The Hall–Kier alpha value is -2.34. The molecule has 2 rings (SSSR count). The Labute approximate surface area is 150 Å². The molecule has 6 nitrogen and oxygen atoms in total. The van der Waals surface area contributed by atoms with Crippen LogP contribution in [0, 0.1) is 0 Å². The highest BCUT2D eigenvalue weighted by Gasteiger charge is 2.16. The first kappa shape index (κ1) is 19.0. The lowest BCUT2D eigenvalue weighted by Crippen LogP contribution is -2.40. The zero-order valence-electron chi connectivity index (χ0n) is 15.6. The van der Waals surface area contributed by atoms with E-state index in [1.54, 1.807) is 4.68 Å². The number of carbonyl (C=O) groups excluding carboxylic acids is 1. The van der Waals surface area contributed by atoms with Crippen LogP contribution in [0.1, 0.15) is 36.4 Å². The molecule has 0 radical (unpaired) electrons. The maximum atomic E-state index is 12.1. The van der Waals surface area contributed by atoms with E-state index in [2.05, 4.69) is 39.7 Å². The smallest absolute Gasteiger partial charge is 0.314 e. The third kappa shape index (κ3) is 5.90. The molecule has 0 aliphatic carbocycles. The monoisotopic (exact) mass is 343 g/mol. The maximum absolute atomic E-state index is 12.1. The van der Waals surface area contributed by atoms with E-state index in [9.17, 15) is 4.79 Å². The molecule has 0 fully saturated rings. The lowest BCUT2D eigenvalue weighted by atomic mass is 9.98. The third-order valence-corrected chi connectivity index (χ3v) is 4.42. The highest BCUT2D eigenvalue weighted by atomic mass is 16.2. The molecule has 25 heavy (non-hydrogen) atoms. The summed E-state index contributed by atoms with van der Waals surface area (Å²) < 4.78 is 1.77. The molecule has 2 N–H and O–H groups in total. The fourth-order valence-corrected chi connectivity index (χ4v) is 2.81. The van der Waals surface area contributed by atoms with Gasteiger partial charge in [0.25, 0.3) is 0 Å². The van der Waals surface area contributed by atoms with E-state index in [1.165, 1.54) is 5.56 Å². The molecule has 0 unspecified atom stereocenters. The fourth-order valence-electron chi connectivity index (χ4n) is 2.81. The Balaban J connectivity index is 1.74. The first-order chi connectivity index (χ1) is 12.0. The van der Waals surface area contributed by atoms with Crippen LogP contribution in [0.3, 0.4) is 0 Å². The molecule has 6 heteroatoms. The van der Waals surface area contributed by atoms with Gasteiger partial charge in [-0.3, -0.25) is 4.68 Å². The Bertz CT molecular complexity index is 653. The molecular formula is C19H29N5O. The van der Waals surface area contributed by atoms with Crippen molar-refractivity contribution in [2.75, 3.05) is 27.2 Å². The number of benzene rings is 1. The molecular weight excluding hydrogens is 314 g/mol. The number of carbonyl (C=O) groups is 1. The minimum absolute atomic E-state index is 0.0997. The predicted octanol–water partition coefficient (Wildman–Crippen LogP) is 2.52. The van der Waals surface area contributed by atoms with Crippen LogP contribution in [0.4, 0.5) is 4.79 Å². The van der Waals surface area contributed by atoms with Gasteiger partial charge in [0.1, 0.15) is 0 Å². The van der Waals surface area contributed by atoms with Gasteiger partial charge in [-0.25, -0.2) is 4.79 Å². The van der Waals surface area contributed by atoms with Gasteiger partial charge < -0.3 is 15.5 Å². The second-order valence-electron chi connectivity index (χ2n) is 6.66. The molecule has 0 aliphatic heterocycles. The second kappa shape index (κ2) is 9.22. The van der Waals surface area contributed by atoms with Gasteiger partial charge in [0, 0.05) is 31.9 Å². The number of urea groups is 1. The molecule has 0 saturated carbocycles. The summed E-state index contributed by atoms with van der Waals surface area (Å²) in [6.45, 7) is 3.37. The van der Waals surface area contributed by atoms with Crippen LogP contribution in [-0.4, -0.2) is 47.9 Å². The normalized spacial score (nSPS) is 13.5. The lowest BCUT2D eigenvalue weighted by molar-refractivity contribution is 0.232. The van der Waals surface area contributed by atoms with E-state index in [0.29, 0.717) is 19.0 Å². The fraction of sp³-hybridized carbons (Fsp3) is 0.474. The minimum atomic E-state index is -0.129. The van der Waals surface area contributed by atoms with Gasteiger partial charge in [-0.05, 0) is 32.0 Å². The molecule has 1 heterocycles. The zero-order valence-corrected chi connectivity index (χ0v) is 15.6. The molecule has 136 valence electrons. The number of amides is 2. The SMILES string of the molecule is C[C@H](CCNC(=O)NC[C@H](c1cnn(C)c1)N(C)C)c1ccccc1. The second-order valence-corrected chi connectivity index (χ2v) is 6.66. The van der Waals surface area contributed by atoms with Crippen LogP contribution in [0.2, 0.25) is 0 Å². The van der Waals surface area contributed by atoms with E-state index >= 15 is 0 Å². The lowest BCUT2D eigenvalue weighted by Gasteiger charge is -2.23. The number of aryl methyl sites for hydroxylation is 1. The van der Waals surface area contributed by atoms with Crippen molar-refractivity contribution in [2.45, 2.75) is 25.3 Å². The Morgan fingerprint density at radius 1 is 1.20 bits per heavy atom. The molecule has 1 aromatic heterocycles. The number of nitrogens with one attached hydrogen (secondary N) is 2. The van der Waals surface area contributed by atoms with Gasteiger partial charge in [0.15, 0.2) is 0 Å². The highest BCUT2D eigenvalue weighted by Crippen LogP contribution is 2.18. The van der Waals surface area contributed by atoms with Crippen molar-refractivity contribution in [2.24, 2.45) is 7.05 Å². The van der Waals surface area contributed by atoms with Crippen molar-refractivity contribution in [3.8, 4) is 0 Å². The molecule has 0 spiro atoms. The van der Waals surface area contributed by atoms with Gasteiger partial charge in [-0.2, -0.15) is 5.10 Å². The van der Waals surface area contributed by atoms with E-state index in [4.69, 9.17) is 0 Å². The average Bonchev–Trinajstić information content (AvgIpc) is 3.01. The number of nitrogens with zero attached hydrogens (tertiary/aromatic N) is 3. The van der Waals surface area contributed by atoms with Crippen molar-refractivity contribution < 1.29 is 4.79 Å². The van der Waals surface area contributed by atoms with Gasteiger partial charge >= 0.3 is 6.03 Å². The summed E-state index contributed by atoms with van der Waals surface area (Å²) in [6, 6.07) is 10.3. The quantitative estimate of drug-likeness (QED) is 0.774. The van der Waals surface area contributed by atoms with Crippen LogP contribution < -0.4 is 10.6 Å². The Kier molecular flexibility index (Phi) is 7.01. The van der Waals surface area contributed by atoms with Crippen LogP contribution in [0.5, 0.6) is 0 Å². The molecule has 0 bridgehead atoms.